The van der Waals surface area contributed by atoms with E-state index in [2.05, 4.69) is 38.5 Å². The van der Waals surface area contributed by atoms with Crippen LogP contribution in [-0.4, -0.2) is 23.4 Å². The molecule has 0 atom stereocenters. The molecule has 0 saturated carbocycles. The van der Waals surface area contributed by atoms with Crippen LogP contribution in [0.25, 0.3) is 0 Å². The first kappa shape index (κ1) is 13.1. The van der Waals surface area contributed by atoms with Gasteiger partial charge in [-0.3, -0.25) is 4.68 Å². The summed E-state index contributed by atoms with van der Waals surface area (Å²) >= 11 is 3.36. The Morgan fingerprint density at radius 3 is 3.06 bits per heavy atom. The second kappa shape index (κ2) is 6.56. The first-order chi connectivity index (χ1) is 8.78. The van der Waals surface area contributed by atoms with Gasteiger partial charge < -0.3 is 10.1 Å². The predicted molar refractivity (Wildman–Crippen MR) is 74.6 cm³/mol. The van der Waals surface area contributed by atoms with Gasteiger partial charge in [0.05, 0.1) is 17.2 Å². The Hall–Kier alpha value is -1.33. The molecule has 0 aliphatic rings. The molecule has 4 nitrogen and oxygen atoms in total. The van der Waals surface area contributed by atoms with Crippen LogP contribution < -0.4 is 10.1 Å². The molecule has 1 heterocycles. The van der Waals surface area contributed by atoms with E-state index in [9.17, 15) is 0 Å². The molecule has 1 aromatic carbocycles. The van der Waals surface area contributed by atoms with Crippen LogP contribution in [0.3, 0.4) is 0 Å². The summed E-state index contributed by atoms with van der Waals surface area (Å²) < 4.78 is 8.54. The Kier molecular flexibility index (Phi) is 4.78. The molecule has 0 fully saturated rings. The minimum atomic E-state index is 0.608. The second-order valence-corrected chi connectivity index (χ2v) is 4.86. The van der Waals surface area contributed by atoms with Crippen LogP contribution in [0.4, 0.5) is 0 Å². The first-order valence-electron chi connectivity index (χ1n) is 5.82. The van der Waals surface area contributed by atoms with Crippen molar-refractivity contribution in [3.8, 4) is 5.75 Å². The van der Waals surface area contributed by atoms with Crippen molar-refractivity contribution in [1.82, 2.24) is 15.1 Å². The van der Waals surface area contributed by atoms with Crippen molar-refractivity contribution in [3.63, 3.8) is 0 Å². The fourth-order valence-electron chi connectivity index (χ4n) is 1.67. The summed E-state index contributed by atoms with van der Waals surface area (Å²) in [5.74, 6) is 0.897. The fourth-order valence-corrected chi connectivity index (χ4v) is 1.99. The molecular formula is C13H16BrN3O. The van der Waals surface area contributed by atoms with Gasteiger partial charge in [-0.1, -0.05) is 12.1 Å². The summed E-state index contributed by atoms with van der Waals surface area (Å²) in [4.78, 5) is 0. The third kappa shape index (κ3) is 3.85. The summed E-state index contributed by atoms with van der Waals surface area (Å²) in [6, 6.07) is 8.11. The molecule has 1 aromatic heterocycles. The Morgan fingerprint density at radius 2 is 2.33 bits per heavy atom. The van der Waals surface area contributed by atoms with Gasteiger partial charge in [0, 0.05) is 12.7 Å². The smallest absolute Gasteiger partial charge is 0.119 e. The van der Waals surface area contributed by atoms with Crippen LogP contribution in [-0.2, 0) is 13.1 Å². The highest BCUT2D eigenvalue weighted by Gasteiger charge is 1.98. The Balaban J connectivity index is 1.84. The number of benzene rings is 1. The second-order valence-electron chi connectivity index (χ2n) is 3.95. The molecule has 0 spiro atoms. The lowest BCUT2D eigenvalue weighted by atomic mass is 10.2. The van der Waals surface area contributed by atoms with Crippen molar-refractivity contribution < 1.29 is 4.74 Å². The van der Waals surface area contributed by atoms with Gasteiger partial charge in [-0.05, 0) is 40.7 Å². The number of ether oxygens (including phenoxy) is 1. The van der Waals surface area contributed by atoms with E-state index in [1.54, 1.807) is 6.20 Å². The van der Waals surface area contributed by atoms with Crippen LogP contribution in [0.15, 0.2) is 41.1 Å². The standard InChI is InChI=1S/C13H16BrN3O/c1-15-8-11-3-2-4-13(7-11)18-6-5-17-10-12(14)9-16-17/h2-4,7,9-10,15H,5-6,8H2,1H3. The van der Waals surface area contributed by atoms with Crippen LogP contribution >= 0.6 is 15.9 Å². The number of rotatable bonds is 6. The first-order valence-corrected chi connectivity index (χ1v) is 6.61. The quantitative estimate of drug-likeness (QED) is 0.891. The van der Waals surface area contributed by atoms with E-state index in [0.29, 0.717) is 6.61 Å². The zero-order chi connectivity index (χ0) is 12.8. The highest BCUT2D eigenvalue weighted by atomic mass is 79.9. The maximum Gasteiger partial charge on any atom is 0.119 e. The molecule has 0 unspecified atom stereocenters. The average Bonchev–Trinajstić information content (AvgIpc) is 2.76. The van der Waals surface area contributed by atoms with Crippen LogP contribution in [0.5, 0.6) is 5.75 Å². The lowest BCUT2D eigenvalue weighted by Crippen LogP contribution is -2.09. The summed E-state index contributed by atoms with van der Waals surface area (Å²) in [5.41, 5.74) is 1.22. The zero-order valence-corrected chi connectivity index (χ0v) is 11.9. The Bertz CT molecular complexity index is 498. The Morgan fingerprint density at radius 1 is 1.44 bits per heavy atom. The molecule has 0 aliphatic heterocycles. The lowest BCUT2D eigenvalue weighted by Gasteiger charge is -2.08. The molecule has 18 heavy (non-hydrogen) atoms. The molecule has 0 bridgehead atoms. The third-order valence-corrected chi connectivity index (χ3v) is 2.88. The van der Waals surface area contributed by atoms with Crippen LogP contribution in [0, 0.1) is 0 Å². The minimum absolute atomic E-state index is 0.608. The van der Waals surface area contributed by atoms with Gasteiger partial charge in [0.15, 0.2) is 0 Å². The summed E-state index contributed by atoms with van der Waals surface area (Å²) in [5, 5.41) is 7.29. The van der Waals surface area contributed by atoms with Crippen molar-refractivity contribution >= 4 is 15.9 Å². The van der Waals surface area contributed by atoms with Crippen LogP contribution in [0.1, 0.15) is 5.56 Å². The van der Waals surface area contributed by atoms with E-state index in [1.807, 2.05) is 30.1 Å². The van der Waals surface area contributed by atoms with E-state index in [-0.39, 0.29) is 0 Å². The molecule has 0 amide bonds. The molecule has 0 aliphatic carbocycles. The van der Waals surface area contributed by atoms with Gasteiger partial charge in [-0.2, -0.15) is 5.10 Å². The number of nitrogens with one attached hydrogen (secondary N) is 1. The number of hydrogen-bond acceptors (Lipinski definition) is 3. The van der Waals surface area contributed by atoms with Gasteiger partial charge in [-0.25, -0.2) is 0 Å². The molecule has 2 aromatic rings. The minimum Gasteiger partial charge on any atom is -0.492 e. The average molecular weight is 310 g/mol. The monoisotopic (exact) mass is 309 g/mol. The molecule has 2 rings (SSSR count). The summed E-state index contributed by atoms with van der Waals surface area (Å²) in [6.45, 7) is 2.20. The topological polar surface area (TPSA) is 39.1 Å². The van der Waals surface area contributed by atoms with E-state index >= 15 is 0 Å². The van der Waals surface area contributed by atoms with Crippen molar-refractivity contribution in [1.29, 1.82) is 0 Å². The largest absolute Gasteiger partial charge is 0.492 e. The highest BCUT2D eigenvalue weighted by molar-refractivity contribution is 9.10. The number of hydrogen-bond donors (Lipinski definition) is 1. The van der Waals surface area contributed by atoms with Crippen molar-refractivity contribution in [2.75, 3.05) is 13.7 Å². The van der Waals surface area contributed by atoms with Gasteiger partial charge in [0.25, 0.3) is 0 Å². The SMILES string of the molecule is CNCc1cccc(OCCn2cc(Br)cn2)c1. The van der Waals surface area contributed by atoms with E-state index in [0.717, 1.165) is 23.3 Å². The third-order valence-electron chi connectivity index (χ3n) is 2.47. The number of aromatic nitrogens is 2. The van der Waals surface area contributed by atoms with Gasteiger partial charge in [0.1, 0.15) is 12.4 Å². The number of halogens is 1. The predicted octanol–water partition coefficient (Wildman–Crippen LogP) is 2.44. The van der Waals surface area contributed by atoms with Crippen molar-refractivity contribution in [3.05, 3.63) is 46.7 Å². The van der Waals surface area contributed by atoms with Crippen LogP contribution in [0.2, 0.25) is 0 Å². The van der Waals surface area contributed by atoms with E-state index in [1.165, 1.54) is 5.56 Å². The summed E-state index contributed by atoms with van der Waals surface area (Å²) in [6.07, 6.45) is 3.70. The number of nitrogens with zero attached hydrogens (tertiary/aromatic N) is 2. The normalized spacial score (nSPS) is 10.6. The van der Waals surface area contributed by atoms with E-state index < -0.39 is 0 Å². The van der Waals surface area contributed by atoms with Gasteiger partial charge in [-0.15, -0.1) is 0 Å². The fraction of sp³-hybridized carbons (Fsp3) is 0.308. The molecule has 5 heteroatoms. The Labute approximate surface area is 115 Å². The van der Waals surface area contributed by atoms with E-state index in [4.69, 9.17) is 4.74 Å². The van der Waals surface area contributed by atoms with Gasteiger partial charge >= 0.3 is 0 Å². The van der Waals surface area contributed by atoms with Gasteiger partial charge in [0.2, 0.25) is 0 Å². The lowest BCUT2D eigenvalue weighted by molar-refractivity contribution is 0.291. The molecule has 96 valence electrons. The maximum atomic E-state index is 5.70. The maximum absolute atomic E-state index is 5.70. The van der Waals surface area contributed by atoms with Crippen molar-refractivity contribution in [2.24, 2.45) is 0 Å². The molecule has 0 radical (unpaired) electrons. The summed E-state index contributed by atoms with van der Waals surface area (Å²) in [7, 11) is 1.93. The van der Waals surface area contributed by atoms with Crippen molar-refractivity contribution in [2.45, 2.75) is 13.1 Å². The highest BCUT2D eigenvalue weighted by Crippen LogP contribution is 2.13. The molecule has 1 N–H and O–H groups in total. The zero-order valence-electron chi connectivity index (χ0n) is 10.3. The molecular weight excluding hydrogens is 294 g/mol. The molecule has 0 saturated heterocycles.